The summed E-state index contributed by atoms with van der Waals surface area (Å²) < 4.78 is 1.86. The predicted molar refractivity (Wildman–Crippen MR) is 81.1 cm³/mol. The second-order valence-corrected chi connectivity index (χ2v) is 5.09. The Balaban J connectivity index is 2.33. The number of aromatic nitrogens is 2. The average molecular weight is 271 g/mol. The Kier molecular flexibility index (Phi) is 4.23. The summed E-state index contributed by atoms with van der Waals surface area (Å²) in [7, 11) is 0. The number of hydrogen-bond donors (Lipinski definition) is 1. The van der Waals surface area contributed by atoms with E-state index in [2.05, 4.69) is 10.4 Å². The number of rotatable bonds is 4. The minimum absolute atomic E-state index is 0.00822. The molecule has 2 rings (SSSR count). The van der Waals surface area contributed by atoms with Crippen molar-refractivity contribution in [2.45, 2.75) is 34.1 Å². The number of nitrogens with one attached hydrogen (secondary N) is 1. The zero-order valence-electron chi connectivity index (χ0n) is 12.5. The summed E-state index contributed by atoms with van der Waals surface area (Å²) in [5, 5.41) is 7.52. The molecular weight excluding hydrogens is 250 g/mol. The van der Waals surface area contributed by atoms with Gasteiger partial charge < -0.3 is 5.32 Å². The molecule has 0 saturated heterocycles. The van der Waals surface area contributed by atoms with E-state index in [1.165, 1.54) is 0 Å². The van der Waals surface area contributed by atoms with Gasteiger partial charge in [-0.05, 0) is 32.4 Å². The molecule has 1 atom stereocenters. The summed E-state index contributed by atoms with van der Waals surface area (Å²) in [5.74, 6) is 0.0557. The molecule has 20 heavy (non-hydrogen) atoms. The lowest BCUT2D eigenvalue weighted by Crippen LogP contribution is -2.20. The number of benzene rings is 1. The maximum Gasteiger partial charge on any atom is 0.227 e. The standard InChI is InChI=1S/C16H21N3O/c1-5-11(2)16(20)17-15-12(3)18-19(13(15)4)14-9-7-6-8-10-14/h6-11H,5H2,1-4H3,(H,17,20). The molecule has 0 radical (unpaired) electrons. The molecule has 1 unspecified atom stereocenters. The van der Waals surface area contributed by atoms with Crippen LogP contribution in [0.15, 0.2) is 30.3 Å². The lowest BCUT2D eigenvalue weighted by atomic mass is 10.1. The van der Waals surface area contributed by atoms with Gasteiger partial charge in [0.05, 0.1) is 22.8 Å². The van der Waals surface area contributed by atoms with Crippen LogP contribution >= 0.6 is 0 Å². The fourth-order valence-electron chi connectivity index (χ4n) is 2.08. The summed E-state index contributed by atoms with van der Waals surface area (Å²) in [6.45, 7) is 7.83. The predicted octanol–water partition coefficient (Wildman–Crippen LogP) is 3.47. The van der Waals surface area contributed by atoms with Crippen molar-refractivity contribution in [3.05, 3.63) is 41.7 Å². The summed E-state index contributed by atoms with van der Waals surface area (Å²) in [6, 6.07) is 9.92. The maximum absolute atomic E-state index is 12.0. The van der Waals surface area contributed by atoms with Gasteiger partial charge in [-0.1, -0.05) is 32.0 Å². The van der Waals surface area contributed by atoms with Crippen LogP contribution in [0.3, 0.4) is 0 Å². The number of anilines is 1. The van der Waals surface area contributed by atoms with Crippen LogP contribution < -0.4 is 5.32 Å². The molecule has 1 amide bonds. The molecule has 0 aliphatic carbocycles. The van der Waals surface area contributed by atoms with Crippen LogP contribution in [0.2, 0.25) is 0 Å². The number of hydrogen-bond acceptors (Lipinski definition) is 2. The van der Waals surface area contributed by atoms with Crippen molar-refractivity contribution >= 4 is 11.6 Å². The molecule has 0 aliphatic rings. The quantitative estimate of drug-likeness (QED) is 0.925. The highest BCUT2D eigenvalue weighted by Gasteiger charge is 2.17. The zero-order valence-corrected chi connectivity index (χ0v) is 12.5. The summed E-state index contributed by atoms with van der Waals surface area (Å²) in [4.78, 5) is 12.0. The third-order valence-electron chi connectivity index (χ3n) is 3.60. The Hall–Kier alpha value is -2.10. The van der Waals surface area contributed by atoms with E-state index in [4.69, 9.17) is 0 Å². The molecule has 1 aromatic carbocycles. The van der Waals surface area contributed by atoms with Gasteiger partial charge in [0.2, 0.25) is 5.91 Å². The summed E-state index contributed by atoms with van der Waals surface area (Å²) in [6.07, 6.45) is 0.830. The highest BCUT2D eigenvalue weighted by molar-refractivity contribution is 5.93. The largest absolute Gasteiger partial charge is 0.323 e. The van der Waals surface area contributed by atoms with Gasteiger partial charge in [0.15, 0.2) is 0 Å². The van der Waals surface area contributed by atoms with Crippen molar-refractivity contribution in [3.63, 3.8) is 0 Å². The van der Waals surface area contributed by atoms with E-state index in [9.17, 15) is 4.79 Å². The molecule has 0 fully saturated rings. The SMILES string of the molecule is CCC(C)C(=O)Nc1c(C)nn(-c2ccccc2)c1C. The first kappa shape index (κ1) is 14.3. The number of amides is 1. The van der Waals surface area contributed by atoms with E-state index in [1.54, 1.807) is 0 Å². The topological polar surface area (TPSA) is 46.9 Å². The van der Waals surface area contributed by atoms with E-state index in [-0.39, 0.29) is 11.8 Å². The van der Waals surface area contributed by atoms with Crippen LogP contribution in [0.1, 0.15) is 31.7 Å². The summed E-state index contributed by atoms with van der Waals surface area (Å²) >= 11 is 0. The fraction of sp³-hybridized carbons (Fsp3) is 0.375. The van der Waals surface area contributed by atoms with Crippen LogP contribution in [0.5, 0.6) is 0 Å². The number of aryl methyl sites for hydroxylation is 1. The number of carbonyl (C=O) groups is 1. The van der Waals surface area contributed by atoms with Crippen molar-refractivity contribution in [2.24, 2.45) is 5.92 Å². The van der Waals surface area contributed by atoms with Crippen molar-refractivity contribution < 1.29 is 4.79 Å². The van der Waals surface area contributed by atoms with Gasteiger partial charge in [0.1, 0.15) is 0 Å². The smallest absolute Gasteiger partial charge is 0.227 e. The summed E-state index contributed by atoms with van der Waals surface area (Å²) in [5.41, 5.74) is 3.60. The first-order chi connectivity index (χ1) is 9.54. The third-order valence-corrected chi connectivity index (χ3v) is 3.60. The highest BCUT2D eigenvalue weighted by Crippen LogP contribution is 2.23. The van der Waals surface area contributed by atoms with E-state index < -0.39 is 0 Å². The van der Waals surface area contributed by atoms with Crippen molar-refractivity contribution in [3.8, 4) is 5.69 Å². The first-order valence-corrected chi connectivity index (χ1v) is 6.97. The van der Waals surface area contributed by atoms with Crippen LogP contribution in [-0.2, 0) is 4.79 Å². The van der Waals surface area contributed by atoms with Crippen LogP contribution in [-0.4, -0.2) is 15.7 Å². The van der Waals surface area contributed by atoms with Crippen molar-refractivity contribution in [2.75, 3.05) is 5.32 Å². The Morgan fingerprint density at radius 3 is 2.55 bits per heavy atom. The van der Waals surface area contributed by atoms with Crippen molar-refractivity contribution in [1.82, 2.24) is 9.78 Å². The molecule has 0 spiro atoms. The molecule has 1 N–H and O–H groups in total. The number of carbonyl (C=O) groups excluding carboxylic acids is 1. The Morgan fingerprint density at radius 2 is 1.95 bits per heavy atom. The molecule has 4 nitrogen and oxygen atoms in total. The molecule has 1 heterocycles. The molecule has 4 heteroatoms. The fourth-order valence-corrected chi connectivity index (χ4v) is 2.08. The molecular formula is C16H21N3O. The first-order valence-electron chi connectivity index (χ1n) is 6.97. The molecule has 0 aliphatic heterocycles. The Labute approximate surface area is 119 Å². The second kappa shape index (κ2) is 5.90. The number of para-hydroxylation sites is 1. The molecule has 2 aromatic rings. The third kappa shape index (κ3) is 2.74. The molecule has 106 valence electrons. The van der Waals surface area contributed by atoms with Crippen LogP contribution in [0, 0.1) is 19.8 Å². The van der Waals surface area contributed by atoms with Crippen molar-refractivity contribution in [1.29, 1.82) is 0 Å². The molecule has 0 bridgehead atoms. The Bertz CT molecular complexity index is 602. The minimum Gasteiger partial charge on any atom is -0.323 e. The molecule has 1 aromatic heterocycles. The number of nitrogens with zero attached hydrogens (tertiary/aromatic N) is 2. The van der Waals surface area contributed by atoms with Gasteiger partial charge in [0.25, 0.3) is 0 Å². The minimum atomic E-state index is 0.00822. The Morgan fingerprint density at radius 1 is 1.30 bits per heavy atom. The molecule has 0 saturated carbocycles. The van der Waals surface area contributed by atoms with E-state index in [0.717, 1.165) is 29.2 Å². The van der Waals surface area contributed by atoms with E-state index in [1.807, 2.05) is 62.7 Å². The van der Waals surface area contributed by atoms with Gasteiger partial charge in [-0.2, -0.15) is 5.10 Å². The zero-order chi connectivity index (χ0) is 14.7. The van der Waals surface area contributed by atoms with E-state index >= 15 is 0 Å². The van der Waals surface area contributed by atoms with E-state index in [0.29, 0.717) is 0 Å². The lowest BCUT2D eigenvalue weighted by molar-refractivity contribution is -0.119. The van der Waals surface area contributed by atoms with Gasteiger partial charge >= 0.3 is 0 Å². The van der Waals surface area contributed by atoms with Gasteiger partial charge in [-0.3, -0.25) is 4.79 Å². The average Bonchev–Trinajstić information content (AvgIpc) is 2.75. The monoisotopic (exact) mass is 271 g/mol. The van der Waals surface area contributed by atoms with Gasteiger partial charge in [0, 0.05) is 5.92 Å². The highest BCUT2D eigenvalue weighted by atomic mass is 16.1. The van der Waals surface area contributed by atoms with Gasteiger partial charge in [-0.25, -0.2) is 4.68 Å². The van der Waals surface area contributed by atoms with Crippen LogP contribution in [0.4, 0.5) is 5.69 Å². The normalized spacial score (nSPS) is 12.2. The maximum atomic E-state index is 12.0. The second-order valence-electron chi connectivity index (χ2n) is 5.09. The van der Waals surface area contributed by atoms with Gasteiger partial charge in [-0.15, -0.1) is 0 Å². The van der Waals surface area contributed by atoms with Crippen LogP contribution in [0.25, 0.3) is 5.69 Å². The lowest BCUT2D eigenvalue weighted by Gasteiger charge is -2.10.